The molecule has 0 fully saturated rings. The van der Waals surface area contributed by atoms with Crippen molar-refractivity contribution in [1.29, 1.82) is 0 Å². The standard InChI is InChI=1S/C24H21N3O14S4/c1-13(28)25-16-6-7-17-15(11-16)12-20(43(32,33)34)22(23(17)29)27-26-18-8-5-14-3-2-4-19(21(14)24(18)44(35,36)37)42(30,31)10-9-41-45(38,39)40/h2-8,11-12,29H,9-10H2,1H3,(H,25,28)(H,32,33,34)(H,35,36,37)(H,38,39,40)/b27-26+. The van der Waals surface area contributed by atoms with Gasteiger partial charge in [0, 0.05) is 23.4 Å². The highest BCUT2D eigenvalue weighted by atomic mass is 32.3. The minimum atomic E-state index is -5.34. The first-order valence-corrected chi connectivity index (χ1v) is 17.9. The molecule has 0 saturated heterocycles. The number of fused-ring (bicyclic) bond motifs is 2. The lowest BCUT2D eigenvalue weighted by Crippen LogP contribution is -2.16. The Balaban J connectivity index is 1.95. The van der Waals surface area contributed by atoms with Gasteiger partial charge in [0.2, 0.25) is 5.91 Å². The van der Waals surface area contributed by atoms with Crippen LogP contribution in [-0.4, -0.2) is 70.7 Å². The van der Waals surface area contributed by atoms with Gasteiger partial charge in [-0.25, -0.2) is 12.6 Å². The fourth-order valence-electron chi connectivity index (χ4n) is 4.29. The lowest BCUT2D eigenvalue weighted by Gasteiger charge is -2.13. The molecule has 21 heteroatoms. The van der Waals surface area contributed by atoms with Crippen LogP contribution >= 0.6 is 0 Å². The topological polar surface area (TPSA) is 281 Å². The molecule has 0 aliphatic rings. The zero-order chi connectivity index (χ0) is 33.5. The van der Waals surface area contributed by atoms with Gasteiger partial charge in [0.15, 0.2) is 15.6 Å². The summed E-state index contributed by atoms with van der Waals surface area (Å²) in [5.74, 6) is -2.35. The second kappa shape index (κ2) is 12.0. The second-order valence-electron chi connectivity index (χ2n) is 9.18. The Kier molecular flexibility index (Phi) is 9.02. The van der Waals surface area contributed by atoms with Gasteiger partial charge in [-0.2, -0.15) is 25.3 Å². The van der Waals surface area contributed by atoms with Crippen molar-refractivity contribution in [3.8, 4) is 5.75 Å². The van der Waals surface area contributed by atoms with Gasteiger partial charge in [0.05, 0.1) is 17.3 Å². The number of carbonyl (C=O) groups is 1. The number of phenols is 1. The van der Waals surface area contributed by atoms with E-state index in [0.717, 1.165) is 18.2 Å². The van der Waals surface area contributed by atoms with Gasteiger partial charge < -0.3 is 10.4 Å². The van der Waals surface area contributed by atoms with Gasteiger partial charge in [0.1, 0.15) is 21.2 Å². The molecule has 0 aliphatic carbocycles. The summed E-state index contributed by atoms with van der Waals surface area (Å²) in [4.78, 5) is 8.60. The van der Waals surface area contributed by atoms with E-state index in [9.17, 15) is 52.7 Å². The maximum absolute atomic E-state index is 13.1. The van der Waals surface area contributed by atoms with Crippen molar-refractivity contribution >= 4 is 85.0 Å². The van der Waals surface area contributed by atoms with E-state index in [4.69, 9.17) is 4.55 Å². The molecule has 240 valence electrons. The average Bonchev–Trinajstić information content (AvgIpc) is 2.89. The molecule has 0 aromatic heterocycles. The lowest BCUT2D eigenvalue weighted by molar-refractivity contribution is -0.114. The zero-order valence-electron chi connectivity index (χ0n) is 22.5. The maximum Gasteiger partial charge on any atom is 0.397 e. The smallest absolute Gasteiger partial charge is 0.397 e. The summed E-state index contributed by atoms with van der Waals surface area (Å²) in [6, 6.07) is 10.4. The number of phenolic OH excluding ortho intramolecular Hbond substituents is 1. The molecule has 5 N–H and O–H groups in total. The molecule has 0 atom stereocenters. The Morgan fingerprint density at radius 3 is 2.11 bits per heavy atom. The van der Waals surface area contributed by atoms with E-state index in [1.165, 1.54) is 43.3 Å². The highest BCUT2D eigenvalue weighted by molar-refractivity contribution is 7.92. The summed E-state index contributed by atoms with van der Waals surface area (Å²) < 4.78 is 130. The van der Waals surface area contributed by atoms with Crippen molar-refractivity contribution in [3.05, 3.63) is 54.6 Å². The molecule has 4 aromatic carbocycles. The average molecular weight is 704 g/mol. The second-order valence-corrected chi connectivity index (χ2v) is 15.1. The predicted molar refractivity (Wildman–Crippen MR) is 157 cm³/mol. The quantitative estimate of drug-likeness (QED) is 0.117. The van der Waals surface area contributed by atoms with Gasteiger partial charge in [-0.15, -0.1) is 10.2 Å². The minimum Gasteiger partial charge on any atom is -0.505 e. The number of rotatable bonds is 10. The Labute approximate surface area is 255 Å². The number of aromatic hydroxyl groups is 1. The largest absolute Gasteiger partial charge is 0.505 e. The third kappa shape index (κ3) is 7.59. The number of benzene rings is 4. The SMILES string of the molecule is CC(=O)Nc1ccc2c(O)c(/N=N/c3ccc4cccc(S(=O)(=O)CCOS(=O)(=O)O)c4c3S(=O)(=O)O)c(S(=O)(=O)O)cc2c1. The van der Waals surface area contributed by atoms with Crippen LogP contribution in [0.1, 0.15) is 6.92 Å². The number of amides is 1. The van der Waals surface area contributed by atoms with Crippen LogP contribution in [0.15, 0.2) is 79.5 Å². The molecule has 17 nitrogen and oxygen atoms in total. The fourth-order valence-corrected chi connectivity index (χ4v) is 7.61. The van der Waals surface area contributed by atoms with E-state index in [-0.39, 0.29) is 21.8 Å². The van der Waals surface area contributed by atoms with Crippen molar-refractivity contribution < 1.29 is 61.4 Å². The molecule has 0 spiro atoms. The van der Waals surface area contributed by atoms with Crippen LogP contribution in [0.4, 0.5) is 17.1 Å². The normalized spacial score (nSPS) is 13.1. The molecule has 0 heterocycles. The van der Waals surface area contributed by atoms with E-state index in [1.807, 2.05) is 0 Å². The Morgan fingerprint density at radius 1 is 0.822 bits per heavy atom. The van der Waals surface area contributed by atoms with Crippen LogP contribution < -0.4 is 5.32 Å². The van der Waals surface area contributed by atoms with E-state index in [2.05, 4.69) is 19.7 Å². The van der Waals surface area contributed by atoms with Crippen molar-refractivity contribution in [1.82, 2.24) is 0 Å². The number of nitrogens with zero attached hydrogens (tertiary/aromatic N) is 2. The molecule has 0 unspecified atom stereocenters. The molecule has 4 aromatic rings. The summed E-state index contributed by atoms with van der Waals surface area (Å²) in [5.41, 5.74) is -1.38. The first kappa shape index (κ1) is 33.8. The monoisotopic (exact) mass is 703 g/mol. The summed E-state index contributed by atoms with van der Waals surface area (Å²) >= 11 is 0. The van der Waals surface area contributed by atoms with Crippen LogP contribution in [0.3, 0.4) is 0 Å². The Hall–Kier alpha value is -4.09. The van der Waals surface area contributed by atoms with Crippen molar-refractivity contribution in [2.45, 2.75) is 21.6 Å². The molecule has 0 bridgehead atoms. The number of azo groups is 1. The molecule has 1 amide bonds. The van der Waals surface area contributed by atoms with Gasteiger partial charge >= 0.3 is 10.4 Å². The predicted octanol–water partition coefficient (Wildman–Crippen LogP) is 3.16. The Bertz CT molecular complexity index is 2360. The molecule has 0 radical (unpaired) electrons. The third-order valence-electron chi connectivity index (χ3n) is 6.02. The van der Waals surface area contributed by atoms with Crippen molar-refractivity contribution in [2.75, 3.05) is 17.7 Å². The fraction of sp³-hybridized carbons (Fsp3) is 0.125. The van der Waals surface area contributed by atoms with E-state index >= 15 is 0 Å². The first-order valence-electron chi connectivity index (χ1n) is 12.0. The van der Waals surface area contributed by atoms with Crippen LogP contribution in [0.25, 0.3) is 21.5 Å². The van der Waals surface area contributed by atoms with Gasteiger partial charge in [-0.05, 0) is 47.2 Å². The zero-order valence-corrected chi connectivity index (χ0v) is 25.8. The maximum atomic E-state index is 13.1. The molecular formula is C24H21N3O14S4. The first-order chi connectivity index (χ1) is 20.7. The Morgan fingerprint density at radius 2 is 1.51 bits per heavy atom. The highest BCUT2D eigenvalue weighted by Gasteiger charge is 2.28. The van der Waals surface area contributed by atoms with E-state index in [0.29, 0.717) is 0 Å². The van der Waals surface area contributed by atoms with Crippen molar-refractivity contribution in [2.24, 2.45) is 10.2 Å². The third-order valence-corrected chi connectivity index (χ3v) is 10.00. The summed E-state index contributed by atoms with van der Waals surface area (Å²) in [5, 5.41) is 20.0. The molecule has 4 rings (SSSR count). The van der Waals surface area contributed by atoms with Crippen LogP contribution in [0.5, 0.6) is 5.75 Å². The number of nitrogens with one attached hydrogen (secondary N) is 1. The van der Waals surface area contributed by atoms with Crippen molar-refractivity contribution in [3.63, 3.8) is 0 Å². The van der Waals surface area contributed by atoms with E-state index < -0.39 is 95.9 Å². The summed E-state index contributed by atoms with van der Waals surface area (Å²) in [7, 11) is -20.0. The number of sulfone groups is 1. The lowest BCUT2D eigenvalue weighted by atomic mass is 10.1. The molecule has 0 saturated carbocycles. The molecule has 45 heavy (non-hydrogen) atoms. The molecular weight excluding hydrogens is 683 g/mol. The number of hydrogen-bond donors (Lipinski definition) is 5. The van der Waals surface area contributed by atoms with Crippen LogP contribution in [0, 0.1) is 0 Å². The van der Waals surface area contributed by atoms with E-state index in [1.54, 1.807) is 0 Å². The van der Waals surface area contributed by atoms with Gasteiger partial charge in [-0.3, -0.25) is 18.5 Å². The summed E-state index contributed by atoms with van der Waals surface area (Å²) in [6.45, 7) is 0.170. The van der Waals surface area contributed by atoms with Crippen LogP contribution in [0.2, 0.25) is 0 Å². The number of hydrogen-bond acceptors (Lipinski definition) is 13. The summed E-state index contributed by atoms with van der Waals surface area (Å²) in [6.07, 6.45) is 0. The number of carbonyl (C=O) groups excluding carboxylic acids is 1. The van der Waals surface area contributed by atoms with Crippen LogP contribution in [-0.2, 0) is 49.5 Å². The highest BCUT2D eigenvalue weighted by Crippen LogP contribution is 2.43. The van der Waals surface area contributed by atoms with Gasteiger partial charge in [-0.1, -0.05) is 18.2 Å². The molecule has 0 aliphatic heterocycles. The number of anilines is 1. The van der Waals surface area contributed by atoms with Gasteiger partial charge in [0.25, 0.3) is 20.2 Å². The minimum absolute atomic E-state index is 0.0283.